The highest BCUT2D eigenvalue weighted by molar-refractivity contribution is 7.84. The molecule has 1 unspecified atom stereocenters. The Bertz CT molecular complexity index is 663. The predicted molar refractivity (Wildman–Crippen MR) is 97.1 cm³/mol. The lowest BCUT2D eigenvalue weighted by molar-refractivity contribution is 0.332. The van der Waals surface area contributed by atoms with Gasteiger partial charge in [-0.2, -0.15) is 0 Å². The molecule has 0 aliphatic carbocycles. The van der Waals surface area contributed by atoms with Crippen molar-refractivity contribution >= 4 is 16.5 Å². The van der Waals surface area contributed by atoms with Crippen LogP contribution < -0.4 is 5.32 Å². The normalized spacial score (nSPS) is 16.4. The summed E-state index contributed by atoms with van der Waals surface area (Å²) < 4.78 is 11.4. The molecule has 1 N–H and O–H groups in total. The second-order valence-electron chi connectivity index (χ2n) is 6.09. The zero-order valence-electron chi connectivity index (χ0n) is 13.6. The van der Waals surface area contributed by atoms with Crippen LogP contribution in [-0.2, 0) is 23.9 Å². The third-order valence-corrected chi connectivity index (χ3v) is 5.28. The molecule has 1 fully saturated rings. The van der Waals surface area contributed by atoms with Gasteiger partial charge in [0.1, 0.15) is 0 Å². The molecule has 3 rings (SSSR count). The second kappa shape index (κ2) is 7.75. The van der Waals surface area contributed by atoms with E-state index < -0.39 is 10.8 Å². The van der Waals surface area contributed by atoms with E-state index in [4.69, 9.17) is 0 Å². The first-order valence-electron chi connectivity index (χ1n) is 8.19. The van der Waals surface area contributed by atoms with Crippen LogP contribution in [-0.4, -0.2) is 28.5 Å². The average molecular weight is 328 g/mol. The van der Waals surface area contributed by atoms with Gasteiger partial charge >= 0.3 is 0 Å². The SMILES string of the molecule is CS(=O)c1ccc(CNc2ccccc2CN2CCCC2)cc1. The molecule has 1 aliphatic rings. The number of benzene rings is 2. The Hall–Kier alpha value is -1.65. The van der Waals surface area contributed by atoms with E-state index in [1.807, 2.05) is 24.3 Å². The van der Waals surface area contributed by atoms with Gasteiger partial charge in [-0.1, -0.05) is 30.3 Å². The van der Waals surface area contributed by atoms with E-state index in [9.17, 15) is 4.21 Å². The lowest BCUT2D eigenvalue weighted by atomic mass is 10.1. The summed E-state index contributed by atoms with van der Waals surface area (Å²) >= 11 is 0. The molecule has 122 valence electrons. The van der Waals surface area contributed by atoms with Crippen molar-refractivity contribution in [1.29, 1.82) is 0 Å². The fraction of sp³-hybridized carbons (Fsp3) is 0.368. The molecule has 3 nitrogen and oxygen atoms in total. The van der Waals surface area contributed by atoms with Crippen LogP contribution in [0.5, 0.6) is 0 Å². The van der Waals surface area contributed by atoms with Crippen LogP contribution in [0.2, 0.25) is 0 Å². The smallest absolute Gasteiger partial charge is 0.0498 e. The Kier molecular flexibility index (Phi) is 5.47. The van der Waals surface area contributed by atoms with Crippen molar-refractivity contribution in [2.45, 2.75) is 30.8 Å². The Morgan fingerprint density at radius 2 is 1.74 bits per heavy atom. The molecular weight excluding hydrogens is 304 g/mol. The number of rotatable bonds is 6. The molecule has 0 saturated carbocycles. The number of anilines is 1. The van der Waals surface area contributed by atoms with Crippen LogP contribution in [0.3, 0.4) is 0 Å². The minimum Gasteiger partial charge on any atom is -0.381 e. The first kappa shape index (κ1) is 16.2. The van der Waals surface area contributed by atoms with Gasteiger partial charge in [0.2, 0.25) is 0 Å². The predicted octanol–water partition coefficient (Wildman–Crippen LogP) is 3.63. The van der Waals surface area contributed by atoms with Gasteiger partial charge in [0.05, 0.1) is 0 Å². The van der Waals surface area contributed by atoms with Gasteiger partial charge in [0.25, 0.3) is 0 Å². The Morgan fingerprint density at radius 1 is 1.04 bits per heavy atom. The largest absolute Gasteiger partial charge is 0.381 e. The average Bonchev–Trinajstić information content (AvgIpc) is 3.07. The number of hydrogen-bond acceptors (Lipinski definition) is 3. The molecular formula is C19H24N2OS. The van der Waals surface area contributed by atoms with Crippen molar-refractivity contribution in [2.75, 3.05) is 24.7 Å². The molecule has 23 heavy (non-hydrogen) atoms. The zero-order chi connectivity index (χ0) is 16.1. The van der Waals surface area contributed by atoms with E-state index in [1.54, 1.807) is 6.26 Å². The third kappa shape index (κ3) is 4.43. The van der Waals surface area contributed by atoms with E-state index in [1.165, 1.54) is 42.7 Å². The molecule has 0 spiro atoms. The summed E-state index contributed by atoms with van der Waals surface area (Å²) in [6.07, 6.45) is 4.35. The van der Waals surface area contributed by atoms with Gasteiger partial charge in [-0.05, 0) is 55.3 Å². The van der Waals surface area contributed by atoms with Crippen molar-refractivity contribution in [3.05, 3.63) is 59.7 Å². The zero-order valence-corrected chi connectivity index (χ0v) is 14.4. The number of nitrogens with zero attached hydrogens (tertiary/aromatic N) is 1. The van der Waals surface area contributed by atoms with Crippen molar-refractivity contribution in [2.24, 2.45) is 0 Å². The van der Waals surface area contributed by atoms with Crippen molar-refractivity contribution in [3.63, 3.8) is 0 Å². The van der Waals surface area contributed by atoms with Gasteiger partial charge in [-0.3, -0.25) is 9.11 Å². The maximum absolute atomic E-state index is 11.4. The van der Waals surface area contributed by atoms with Gasteiger partial charge in [0, 0.05) is 40.7 Å². The maximum atomic E-state index is 11.4. The summed E-state index contributed by atoms with van der Waals surface area (Å²) in [4.78, 5) is 3.40. The molecule has 0 aromatic heterocycles. The monoisotopic (exact) mass is 328 g/mol. The molecule has 1 atom stereocenters. The van der Waals surface area contributed by atoms with Gasteiger partial charge in [0.15, 0.2) is 0 Å². The van der Waals surface area contributed by atoms with Crippen LogP contribution >= 0.6 is 0 Å². The van der Waals surface area contributed by atoms with Crippen LogP contribution in [0.15, 0.2) is 53.4 Å². The Balaban J connectivity index is 1.64. The van der Waals surface area contributed by atoms with E-state index in [-0.39, 0.29) is 0 Å². The van der Waals surface area contributed by atoms with Gasteiger partial charge in [-0.25, -0.2) is 0 Å². The van der Waals surface area contributed by atoms with E-state index in [0.717, 1.165) is 18.0 Å². The topological polar surface area (TPSA) is 32.3 Å². The fourth-order valence-electron chi connectivity index (χ4n) is 3.01. The van der Waals surface area contributed by atoms with Crippen LogP contribution in [0.4, 0.5) is 5.69 Å². The van der Waals surface area contributed by atoms with Gasteiger partial charge < -0.3 is 5.32 Å². The molecule has 0 amide bonds. The number of likely N-dealkylation sites (tertiary alicyclic amines) is 1. The quantitative estimate of drug-likeness (QED) is 0.879. The first-order valence-corrected chi connectivity index (χ1v) is 9.75. The third-order valence-electron chi connectivity index (χ3n) is 4.35. The Labute approximate surface area is 141 Å². The van der Waals surface area contributed by atoms with E-state index in [2.05, 4.69) is 34.5 Å². The summed E-state index contributed by atoms with van der Waals surface area (Å²) in [6.45, 7) is 4.23. The number of nitrogens with one attached hydrogen (secondary N) is 1. The summed E-state index contributed by atoms with van der Waals surface area (Å²) in [5.41, 5.74) is 3.78. The highest BCUT2D eigenvalue weighted by Gasteiger charge is 2.13. The molecule has 1 heterocycles. The molecule has 2 aromatic carbocycles. The Morgan fingerprint density at radius 3 is 2.43 bits per heavy atom. The highest BCUT2D eigenvalue weighted by Crippen LogP contribution is 2.20. The second-order valence-corrected chi connectivity index (χ2v) is 7.47. The lowest BCUT2D eigenvalue weighted by Gasteiger charge is -2.18. The molecule has 0 radical (unpaired) electrons. The standard InChI is InChI=1S/C19H24N2OS/c1-23(22)18-10-8-16(9-11-18)14-20-19-7-3-2-6-17(19)15-21-12-4-5-13-21/h2-3,6-11,20H,4-5,12-15H2,1H3. The number of para-hydroxylation sites is 1. The highest BCUT2D eigenvalue weighted by atomic mass is 32.2. The summed E-state index contributed by atoms with van der Waals surface area (Å²) in [5, 5.41) is 3.55. The maximum Gasteiger partial charge on any atom is 0.0498 e. The molecule has 1 aliphatic heterocycles. The van der Waals surface area contributed by atoms with E-state index >= 15 is 0 Å². The van der Waals surface area contributed by atoms with Crippen molar-refractivity contribution in [1.82, 2.24) is 4.90 Å². The first-order chi connectivity index (χ1) is 11.2. The van der Waals surface area contributed by atoms with Crippen LogP contribution in [0, 0.1) is 0 Å². The van der Waals surface area contributed by atoms with Crippen LogP contribution in [0.25, 0.3) is 0 Å². The van der Waals surface area contributed by atoms with Crippen molar-refractivity contribution < 1.29 is 4.21 Å². The van der Waals surface area contributed by atoms with Crippen LogP contribution in [0.1, 0.15) is 24.0 Å². The van der Waals surface area contributed by atoms with Crippen molar-refractivity contribution in [3.8, 4) is 0 Å². The van der Waals surface area contributed by atoms with E-state index in [0.29, 0.717) is 0 Å². The summed E-state index contributed by atoms with van der Waals surface area (Å²) in [6, 6.07) is 16.6. The number of hydrogen-bond donors (Lipinski definition) is 1. The molecule has 4 heteroatoms. The van der Waals surface area contributed by atoms with Gasteiger partial charge in [-0.15, -0.1) is 0 Å². The molecule has 1 saturated heterocycles. The molecule has 0 bridgehead atoms. The fourth-order valence-corrected chi connectivity index (χ4v) is 3.53. The summed E-state index contributed by atoms with van der Waals surface area (Å²) in [7, 11) is -0.910. The molecule has 2 aromatic rings. The minimum absolute atomic E-state index is 0.785. The summed E-state index contributed by atoms with van der Waals surface area (Å²) in [5.74, 6) is 0. The minimum atomic E-state index is -0.910. The lowest BCUT2D eigenvalue weighted by Crippen LogP contribution is -2.19.